The summed E-state index contributed by atoms with van der Waals surface area (Å²) in [5.41, 5.74) is 0.824. The van der Waals surface area contributed by atoms with Crippen LogP contribution < -0.4 is 15.4 Å². The van der Waals surface area contributed by atoms with Crippen molar-refractivity contribution in [1.29, 1.82) is 0 Å². The van der Waals surface area contributed by atoms with E-state index in [1.165, 1.54) is 32.4 Å². The van der Waals surface area contributed by atoms with Crippen LogP contribution in [0.2, 0.25) is 0 Å². The van der Waals surface area contributed by atoms with E-state index in [2.05, 4.69) is 34.4 Å². The van der Waals surface area contributed by atoms with Crippen molar-refractivity contribution in [2.45, 2.75) is 59.2 Å². The molecule has 1 atom stereocenters. The molecular formula is C23H41IN4O2. The first kappa shape index (κ1) is 27.0. The summed E-state index contributed by atoms with van der Waals surface area (Å²) in [4.78, 5) is 7.11. The van der Waals surface area contributed by atoms with Crippen LogP contribution in [-0.4, -0.2) is 61.3 Å². The number of guanidine groups is 1. The van der Waals surface area contributed by atoms with Crippen molar-refractivity contribution in [3.05, 3.63) is 29.8 Å². The van der Waals surface area contributed by atoms with Crippen molar-refractivity contribution in [2.24, 2.45) is 10.9 Å². The van der Waals surface area contributed by atoms with Gasteiger partial charge in [-0.3, -0.25) is 4.99 Å². The summed E-state index contributed by atoms with van der Waals surface area (Å²) >= 11 is 0. The predicted molar refractivity (Wildman–Crippen MR) is 136 cm³/mol. The minimum Gasteiger partial charge on any atom is -0.491 e. The quantitative estimate of drug-likeness (QED) is 0.243. The van der Waals surface area contributed by atoms with E-state index in [4.69, 9.17) is 4.74 Å². The van der Waals surface area contributed by atoms with Gasteiger partial charge in [-0.2, -0.15) is 0 Å². The number of ether oxygens (including phenoxy) is 1. The van der Waals surface area contributed by atoms with Crippen molar-refractivity contribution in [2.75, 3.05) is 39.3 Å². The lowest BCUT2D eigenvalue weighted by atomic mass is 9.93. The summed E-state index contributed by atoms with van der Waals surface area (Å²) in [5, 5.41) is 17.3. The van der Waals surface area contributed by atoms with Crippen LogP contribution in [0.1, 0.15) is 58.6 Å². The number of hydrogen-bond acceptors (Lipinski definition) is 4. The van der Waals surface area contributed by atoms with Gasteiger partial charge in [-0.05, 0) is 83.3 Å². The molecule has 6 nitrogen and oxygen atoms in total. The minimum atomic E-state index is -0.653. The molecule has 0 amide bonds. The van der Waals surface area contributed by atoms with Gasteiger partial charge in [0.1, 0.15) is 5.75 Å². The lowest BCUT2D eigenvalue weighted by molar-refractivity contribution is 0.185. The van der Waals surface area contributed by atoms with Gasteiger partial charge >= 0.3 is 0 Å². The third-order valence-corrected chi connectivity index (χ3v) is 5.38. The molecule has 1 unspecified atom stereocenters. The molecule has 0 spiro atoms. The maximum absolute atomic E-state index is 10.6. The molecule has 172 valence electrons. The second kappa shape index (κ2) is 14.9. The van der Waals surface area contributed by atoms with Crippen LogP contribution in [-0.2, 0) is 0 Å². The van der Waals surface area contributed by atoms with Crippen LogP contribution in [0.3, 0.4) is 0 Å². The molecular weight excluding hydrogens is 491 g/mol. The van der Waals surface area contributed by atoms with Crippen LogP contribution in [0.4, 0.5) is 0 Å². The Morgan fingerprint density at radius 2 is 1.97 bits per heavy atom. The summed E-state index contributed by atoms with van der Waals surface area (Å²) in [5.74, 6) is 2.34. The van der Waals surface area contributed by atoms with Crippen LogP contribution in [0, 0.1) is 5.92 Å². The first-order valence-corrected chi connectivity index (χ1v) is 11.2. The number of aliphatic hydroxyl groups excluding tert-OH is 1. The Labute approximate surface area is 199 Å². The molecule has 1 fully saturated rings. The number of nitrogens with one attached hydrogen (secondary N) is 2. The summed E-state index contributed by atoms with van der Waals surface area (Å²) < 4.78 is 5.72. The van der Waals surface area contributed by atoms with Crippen molar-refractivity contribution in [3.63, 3.8) is 0 Å². The number of piperidine rings is 1. The summed E-state index contributed by atoms with van der Waals surface area (Å²) in [6.07, 6.45) is 3.20. The Bertz CT molecular complexity index is 619. The minimum absolute atomic E-state index is 0. The van der Waals surface area contributed by atoms with Gasteiger partial charge < -0.3 is 25.4 Å². The molecule has 0 radical (unpaired) electrons. The molecule has 0 aliphatic carbocycles. The molecule has 0 saturated carbocycles. The molecule has 1 aromatic carbocycles. The number of rotatable bonds is 10. The number of hydrogen-bond donors (Lipinski definition) is 3. The van der Waals surface area contributed by atoms with Crippen LogP contribution in [0.15, 0.2) is 29.3 Å². The third kappa shape index (κ3) is 9.83. The Morgan fingerprint density at radius 1 is 1.23 bits per heavy atom. The second-order valence-corrected chi connectivity index (χ2v) is 8.07. The molecule has 30 heavy (non-hydrogen) atoms. The van der Waals surface area contributed by atoms with Crippen LogP contribution in [0.5, 0.6) is 5.75 Å². The van der Waals surface area contributed by atoms with Gasteiger partial charge in [-0.25, -0.2) is 0 Å². The van der Waals surface area contributed by atoms with Gasteiger partial charge in [0.15, 0.2) is 5.96 Å². The fraction of sp³-hybridized carbons (Fsp3) is 0.696. The average Bonchev–Trinajstić information content (AvgIpc) is 2.72. The van der Waals surface area contributed by atoms with E-state index in [0.717, 1.165) is 42.8 Å². The number of aliphatic hydroxyl groups is 1. The van der Waals surface area contributed by atoms with Gasteiger partial charge in [-0.1, -0.05) is 19.1 Å². The van der Waals surface area contributed by atoms with Gasteiger partial charge in [0, 0.05) is 13.1 Å². The highest BCUT2D eigenvalue weighted by molar-refractivity contribution is 14.0. The zero-order chi connectivity index (χ0) is 21.1. The van der Waals surface area contributed by atoms with E-state index >= 15 is 0 Å². The summed E-state index contributed by atoms with van der Waals surface area (Å²) in [6, 6.07) is 7.63. The van der Waals surface area contributed by atoms with E-state index in [9.17, 15) is 5.11 Å². The molecule has 1 heterocycles. The molecule has 0 bridgehead atoms. The first-order valence-electron chi connectivity index (χ1n) is 11.2. The monoisotopic (exact) mass is 532 g/mol. The van der Waals surface area contributed by atoms with E-state index in [0.29, 0.717) is 6.54 Å². The number of aliphatic imine (C=N–C) groups is 1. The first-order chi connectivity index (χ1) is 14.0. The fourth-order valence-corrected chi connectivity index (χ4v) is 3.68. The van der Waals surface area contributed by atoms with Crippen LogP contribution in [0.25, 0.3) is 0 Å². The van der Waals surface area contributed by atoms with E-state index < -0.39 is 6.10 Å². The molecule has 1 saturated heterocycles. The average molecular weight is 533 g/mol. The molecule has 1 aliphatic heterocycles. The Balaban J connectivity index is 0.00000450. The van der Waals surface area contributed by atoms with Gasteiger partial charge in [0.25, 0.3) is 0 Å². The fourth-order valence-electron chi connectivity index (χ4n) is 3.68. The predicted octanol–water partition coefficient (Wildman–Crippen LogP) is 3.80. The van der Waals surface area contributed by atoms with Gasteiger partial charge in [-0.15, -0.1) is 24.0 Å². The van der Waals surface area contributed by atoms with Crippen molar-refractivity contribution < 1.29 is 9.84 Å². The summed E-state index contributed by atoms with van der Waals surface area (Å²) in [7, 11) is 0. The Hall–Kier alpha value is -1.06. The normalized spacial score (nSPS) is 16.8. The highest BCUT2D eigenvalue weighted by atomic mass is 127. The molecule has 7 heteroatoms. The van der Waals surface area contributed by atoms with Crippen molar-refractivity contribution in [3.8, 4) is 5.75 Å². The maximum atomic E-state index is 10.6. The zero-order valence-electron chi connectivity index (χ0n) is 19.1. The largest absolute Gasteiger partial charge is 0.491 e. The number of nitrogens with zero attached hydrogens (tertiary/aromatic N) is 2. The number of likely N-dealkylation sites (tertiary alicyclic amines) is 1. The molecule has 1 aromatic rings. The smallest absolute Gasteiger partial charge is 0.191 e. The standard InChI is InChI=1S/C23H40N4O2.HI/c1-5-24-23(25-13-10-19-11-14-27(6-2)15-12-19)26-17-22(28)20-8-7-9-21(16-20)29-18(3)4;/h7-9,16,18-19,22,28H,5-6,10-15,17H2,1-4H3,(H2,24,25,26);1H. The van der Waals surface area contributed by atoms with Gasteiger partial charge in [0.05, 0.1) is 18.8 Å². The molecule has 2 rings (SSSR count). The second-order valence-electron chi connectivity index (χ2n) is 8.07. The van der Waals surface area contributed by atoms with E-state index in [1.54, 1.807) is 0 Å². The summed E-state index contributed by atoms with van der Waals surface area (Å²) in [6.45, 7) is 13.9. The Morgan fingerprint density at radius 3 is 2.60 bits per heavy atom. The zero-order valence-corrected chi connectivity index (χ0v) is 21.4. The molecule has 0 aromatic heterocycles. The highest BCUT2D eigenvalue weighted by Crippen LogP contribution is 2.21. The highest BCUT2D eigenvalue weighted by Gasteiger charge is 2.17. The van der Waals surface area contributed by atoms with E-state index in [1.807, 2.05) is 38.1 Å². The Kier molecular flexibility index (Phi) is 13.4. The van der Waals surface area contributed by atoms with Gasteiger partial charge in [0.2, 0.25) is 0 Å². The van der Waals surface area contributed by atoms with E-state index in [-0.39, 0.29) is 30.1 Å². The van der Waals surface area contributed by atoms with Crippen LogP contribution >= 0.6 is 24.0 Å². The molecule has 1 aliphatic rings. The lowest BCUT2D eigenvalue weighted by Crippen LogP contribution is -2.39. The van der Waals surface area contributed by atoms with Crippen molar-refractivity contribution in [1.82, 2.24) is 15.5 Å². The third-order valence-electron chi connectivity index (χ3n) is 5.38. The maximum Gasteiger partial charge on any atom is 0.191 e. The molecule has 3 N–H and O–H groups in total. The number of benzene rings is 1. The number of halogens is 1. The van der Waals surface area contributed by atoms with Crippen molar-refractivity contribution >= 4 is 29.9 Å². The topological polar surface area (TPSA) is 69.1 Å². The lowest BCUT2D eigenvalue weighted by Gasteiger charge is -2.31. The SMILES string of the molecule is CCNC(=NCC(O)c1cccc(OC(C)C)c1)NCCC1CCN(CC)CC1.I.